The standard InChI is InChI=1S/C41H41FN6O7/c1-41(2,24-3-8-28(9-4-24)54-23-34-33(42)22-43-40(45-34)47-15-17-53-18-16-47)25-5-10-29(11-6-25)55-30-19-27(20-30)44-26-7-12-31-32(21-26)39(52)48(38(31)51)35-13-14-36(49)46-37(35)50/h3-12,21-22,27,30,35,44H,13-20,23H2,1-2H3,(H,46,49,50)/t27-,30-,35?. The molecule has 4 heterocycles. The minimum absolute atomic E-state index is 0.0159. The molecule has 1 aromatic heterocycles. The number of morpholine rings is 1. The Balaban J connectivity index is 0.821. The Morgan fingerprint density at radius 2 is 1.58 bits per heavy atom. The highest BCUT2D eigenvalue weighted by molar-refractivity contribution is 6.23. The van der Waals surface area contributed by atoms with Crippen molar-refractivity contribution < 1.29 is 37.8 Å². The van der Waals surface area contributed by atoms with Gasteiger partial charge < -0.3 is 24.4 Å². The summed E-state index contributed by atoms with van der Waals surface area (Å²) in [4.78, 5) is 61.6. The normalized spacial score (nSPS) is 21.2. The second kappa shape index (κ2) is 14.7. The van der Waals surface area contributed by atoms with Crippen LogP contribution in [0.2, 0.25) is 0 Å². The van der Waals surface area contributed by atoms with E-state index in [-0.39, 0.29) is 53.8 Å². The van der Waals surface area contributed by atoms with Gasteiger partial charge in [0.2, 0.25) is 17.8 Å². The second-order valence-corrected chi connectivity index (χ2v) is 14.8. The van der Waals surface area contributed by atoms with Gasteiger partial charge in [0.05, 0.1) is 30.5 Å². The van der Waals surface area contributed by atoms with Crippen LogP contribution < -0.4 is 25.0 Å². The van der Waals surface area contributed by atoms with E-state index in [1.165, 1.54) is 6.20 Å². The molecule has 3 aliphatic heterocycles. The molecule has 2 saturated heterocycles. The number of nitrogens with one attached hydrogen (secondary N) is 2. The Hall–Kier alpha value is -5.89. The molecule has 1 unspecified atom stereocenters. The maximum absolute atomic E-state index is 14.5. The molecule has 284 valence electrons. The summed E-state index contributed by atoms with van der Waals surface area (Å²) in [6.07, 6.45) is 2.91. The molecule has 13 nitrogen and oxygen atoms in total. The summed E-state index contributed by atoms with van der Waals surface area (Å²) in [6.45, 7) is 6.77. The van der Waals surface area contributed by atoms with E-state index in [1.807, 2.05) is 41.3 Å². The molecule has 0 bridgehead atoms. The largest absolute Gasteiger partial charge is 0.490 e. The van der Waals surface area contributed by atoms with Crippen LogP contribution >= 0.6 is 0 Å². The number of amides is 4. The van der Waals surface area contributed by atoms with Gasteiger partial charge in [0.1, 0.15) is 35.9 Å². The smallest absolute Gasteiger partial charge is 0.262 e. The van der Waals surface area contributed by atoms with Gasteiger partial charge in [-0.15, -0.1) is 0 Å². The molecule has 0 radical (unpaired) electrons. The first-order valence-corrected chi connectivity index (χ1v) is 18.5. The molecule has 1 atom stereocenters. The topological polar surface area (TPSA) is 152 Å². The minimum atomic E-state index is -0.996. The van der Waals surface area contributed by atoms with Gasteiger partial charge in [-0.3, -0.25) is 29.4 Å². The minimum Gasteiger partial charge on any atom is -0.490 e. The number of benzene rings is 3. The summed E-state index contributed by atoms with van der Waals surface area (Å²) in [7, 11) is 0. The molecule has 55 heavy (non-hydrogen) atoms. The fraction of sp³-hybridized carbons (Fsp3) is 0.366. The quantitative estimate of drug-likeness (QED) is 0.204. The Bertz CT molecular complexity index is 2130. The number of aromatic nitrogens is 2. The van der Waals surface area contributed by atoms with E-state index in [2.05, 4.69) is 46.6 Å². The number of halogens is 1. The first kappa shape index (κ1) is 36.1. The van der Waals surface area contributed by atoms with Gasteiger partial charge in [-0.25, -0.2) is 14.4 Å². The van der Waals surface area contributed by atoms with Gasteiger partial charge in [-0.2, -0.15) is 0 Å². The predicted molar refractivity (Wildman–Crippen MR) is 199 cm³/mol. The van der Waals surface area contributed by atoms with Crippen molar-refractivity contribution in [3.63, 3.8) is 0 Å². The fourth-order valence-electron chi connectivity index (χ4n) is 7.41. The van der Waals surface area contributed by atoms with Crippen LogP contribution in [-0.4, -0.2) is 83.0 Å². The molecule has 4 amide bonds. The summed E-state index contributed by atoms with van der Waals surface area (Å²) in [5, 5.41) is 5.65. The predicted octanol–water partition coefficient (Wildman–Crippen LogP) is 4.78. The van der Waals surface area contributed by atoms with E-state index >= 15 is 0 Å². The lowest BCUT2D eigenvalue weighted by atomic mass is 9.78. The average Bonchev–Trinajstić information content (AvgIpc) is 3.42. The summed E-state index contributed by atoms with van der Waals surface area (Å²) in [5.74, 6) is -0.745. The molecule has 3 aromatic carbocycles. The fourth-order valence-corrected chi connectivity index (χ4v) is 7.41. The van der Waals surface area contributed by atoms with Crippen LogP contribution in [0.15, 0.2) is 72.9 Å². The molecule has 8 rings (SSSR count). The van der Waals surface area contributed by atoms with Gasteiger partial charge in [0.15, 0.2) is 5.82 Å². The van der Waals surface area contributed by atoms with E-state index in [9.17, 15) is 23.6 Å². The number of hydrogen-bond donors (Lipinski definition) is 2. The van der Waals surface area contributed by atoms with Crippen LogP contribution in [0.5, 0.6) is 11.5 Å². The SMILES string of the molecule is CC(C)(c1ccc(OCc2nc(N3CCOCC3)ncc2F)cc1)c1ccc(O[C@H]2C[C@H](Nc3ccc4c(c3)C(=O)N(C3CCC(=O)NC3=O)C4=O)C2)cc1. The molecule has 2 N–H and O–H groups in total. The number of fused-ring (bicyclic) bond motifs is 1. The molecule has 14 heteroatoms. The van der Waals surface area contributed by atoms with Crippen LogP contribution in [-0.2, 0) is 26.3 Å². The highest BCUT2D eigenvalue weighted by Gasteiger charge is 2.45. The Morgan fingerprint density at radius 1 is 0.909 bits per heavy atom. The molecule has 4 aromatic rings. The molecular weight excluding hydrogens is 707 g/mol. The van der Waals surface area contributed by atoms with E-state index in [4.69, 9.17) is 14.2 Å². The number of rotatable bonds is 11. The number of nitrogens with zero attached hydrogens (tertiary/aromatic N) is 4. The van der Waals surface area contributed by atoms with E-state index < -0.39 is 35.5 Å². The van der Waals surface area contributed by atoms with E-state index in [0.717, 1.165) is 34.6 Å². The monoisotopic (exact) mass is 748 g/mol. The Labute approximate surface area is 317 Å². The molecule has 3 fully saturated rings. The number of ether oxygens (including phenoxy) is 3. The molecule has 0 spiro atoms. The molecule has 1 saturated carbocycles. The summed E-state index contributed by atoms with van der Waals surface area (Å²) in [6, 6.07) is 20.0. The summed E-state index contributed by atoms with van der Waals surface area (Å²) >= 11 is 0. The molecule has 1 aliphatic carbocycles. The number of hydrogen-bond acceptors (Lipinski definition) is 11. The van der Waals surface area contributed by atoms with Crippen LogP contribution in [0.1, 0.15) is 77.1 Å². The first-order chi connectivity index (χ1) is 26.5. The number of carbonyl (C=O) groups excluding carboxylic acids is 4. The lowest BCUT2D eigenvalue weighted by Gasteiger charge is -2.36. The van der Waals surface area contributed by atoms with Crippen molar-refractivity contribution in [3.05, 3.63) is 107 Å². The lowest BCUT2D eigenvalue weighted by Crippen LogP contribution is -2.54. The van der Waals surface area contributed by atoms with Crippen LogP contribution in [0, 0.1) is 5.82 Å². The van der Waals surface area contributed by atoms with Crippen molar-refractivity contribution in [2.24, 2.45) is 0 Å². The third kappa shape index (κ3) is 7.33. The van der Waals surface area contributed by atoms with Crippen LogP contribution in [0.4, 0.5) is 16.0 Å². The van der Waals surface area contributed by atoms with Crippen molar-refractivity contribution >= 4 is 35.3 Å². The highest BCUT2D eigenvalue weighted by Crippen LogP contribution is 2.36. The van der Waals surface area contributed by atoms with E-state index in [0.29, 0.717) is 43.7 Å². The molecule has 4 aliphatic rings. The number of carbonyl (C=O) groups is 4. The van der Waals surface area contributed by atoms with Gasteiger partial charge >= 0.3 is 0 Å². The van der Waals surface area contributed by atoms with Crippen LogP contribution in [0.25, 0.3) is 0 Å². The lowest BCUT2D eigenvalue weighted by molar-refractivity contribution is -0.136. The number of imide groups is 2. The third-order valence-electron chi connectivity index (χ3n) is 10.8. The number of anilines is 2. The number of piperidine rings is 1. The van der Waals surface area contributed by atoms with Crippen molar-refractivity contribution in [2.75, 3.05) is 36.5 Å². The zero-order valence-corrected chi connectivity index (χ0v) is 30.5. The Kier molecular flexibility index (Phi) is 9.68. The summed E-state index contributed by atoms with van der Waals surface area (Å²) < 4.78 is 32.1. The third-order valence-corrected chi connectivity index (χ3v) is 10.8. The maximum Gasteiger partial charge on any atom is 0.262 e. The zero-order chi connectivity index (χ0) is 38.3. The summed E-state index contributed by atoms with van der Waals surface area (Å²) in [5.41, 5.74) is 3.29. The maximum atomic E-state index is 14.5. The van der Waals surface area contributed by atoms with Crippen LogP contribution in [0.3, 0.4) is 0 Å². The first-order valence-electron chi connectivity index (χ1n) is 18.5. The van der Waals surface area contributed by atoms with Crippen molar-refractivity contribution in [3.8, 4) is 11.5 Å². The molecular formula is C41H41FN6O7. The second-order valence-electron chi connectivity index (χ2n) is 14.8. The van der Waals surface area contributed by atoms with Crippen molar-refractivity contribution in [2.45, 2.75) is 69.7 Å². The van der Waals surface area contributed by atoms with Gasteiger partial charge in [0, 0.05) is 49.5 Å². The van der Waals surface area contributed by atoms with Gasteiger partial charge in [-0.05, 0) is 60.0 Å². The van der Waals surface area contributed by atoms with Gasteiger partial charge in [-0.1, -0.05) is 38.1 Å². The zero-order valence-electron chi connectivity index (χ0n) is 30.5. The van der Waals surface area contributed by atoms with Crippen molar-refractivity contribution in [1.29, 1.82) is 0 Å². The van der Waals surface area contributed by atoms with Crippen molar-refractivity contribution in [1.82, 2.24) is 20.2 Å². The average molecular weight is 749 g/mol. The van der Waals surface area contributed by atoms with E-state index in [1.54, 1.807) is 18.2 Å². The highest BCUT2D eigenvalue weighted by atomic mass is 19.1. The van der Waals surface area contributed by atoms with Gasteiger partial charge in [0.25, 0.3) is 11.8 Å². The Morgan fingerprint density at radius 3 is 2.27 bits per heavy atom.